The summed E-state index contributed by atoms with van der Waals surface area (Å²) in [6, 6.07) is 6.25. The van der Waals surface area contributed by atoms with Crippen molar-refractivity contribution in [3.8, 4) is 0 Å². The molecule has 1 heterocycles. The van der Waals surface area contributed by atoms with Crippen LogP contribution in [0, 0.1) is 0 Å². The van der Waals surface area contributed by atoms with E-state index in [1.165, 1.54) is 12.1 Å². The highest BCUT2D eigenvalue weighted by molar-refractivity contribution is 5.91. The first-order chi connectivity index (χ1) is 8.60. The Morgan fingerprint density at radius 1 is 1.22 bits per heavy atom. The predicted molar refractivity (Wildman–Crippen MR) is 63.8 cm³/mol. The minimum Gasteiger partial charge on any atom is -0.478 e. The lowest BCUT2D eigenvalue weighted by molar-refractivity contribution is 0.0681. The fraction of sp³-hybridized carbons (Fsp3) is 0.385. The second-order valence-electron chi connectivity index (χ2n) is 4.80. The summed E-state index contributed by atoms with van der Waals surface area (Å²) < 4.78 is 5.40. The Labute approximate surface area is 104 Å². The summed E-state index contributed by atoms with van der Waals surface area (Å²) in [5.74, 6) is -0.972. The zero-order valence-electron chi connectivity index (χ0n) is 9.76. The lowest BCUT2D eigenvalue weighted by Gasteiger charge is -2.31. The van der Waals surface area contributed by atoms with Crippen molar-refractivity contribution >= 4 is 17.7 Å². The number of carboxylic acids is 1. The molecule has 0 unspecified atom stereocenters. The summed E-state index contributed by atoms with van der Waals surface area (Å²) in [7, 11) is 0. The molecule has 1 aliphatic carbocycles. The van der Waals surface area contributed by atoms with E-state index in [2.05, 4.69) is 0 Å². The van der Waals surface area contributed by atoms with Crippen LogP contribution in [0.5, 0.6) is 0 Å². The lowest BCUT2D eigenvalue weighted by Crippen LogP contribution is -2.43. The van der Waals surface area contributed by atoms with Crippen LogP contribution in [0.1, 0.15) is 29.6 Å². The minimum absolute atomic E-state index is 0.186. The third-order valence-electron chi connectivity index (χ3n) is 3.55. The van der Waals surface area contributed by atoms with Gasteiger partial charge in [-0.3, -0.25) is 4.90 Å². The number of amides is 1. The van der Waals surface area contributed by atoms with Crippen LogP contribution >= 0.6 is 0 Å². The number of nitrogens with zero attached hydrogens (tertiary/aromatic N) is 1. The van der Waals surface area contributed by atoms with Crippen LogP contribution in [0.3, 0.4) is 0 Å². The summed E-state index contributed by atoms with van der Waals surface area (Å²) in [5, 5.41) is 8.81. The van der Waals surface area contributed by atoms with Crippen LogP contribution in [-0.2, 0) is 4.74 Å². The Morgan fingerprint density at radius 2 is 1.89 bits per heavy atom. The Morgan fingerprint density at radius 3 is 2.39 bits per heavy atom. The van der Waals surface area contributed by atoms with Gasteiger partial charge >= 0.3 is 12.1 Å². The molecule has 0 radical (unpaired) electrons. The Kier molecular flexibility index (Phi) is 2.29. The van der Waals surface area contributed by atoms with Gasteiger partial charge in [-0.15, -0.1) is 0 Å². The molecule has 2 aliphatic rings. The number of hydrogen-bond donors (Lipinski definition) is 1. The molecule has 1 aliphatic heterocycles. The van der Waals surface area contributed by atoms with Crippen molar-refractivity contribution in [2.75, 3.05) is 11.4 Å². The van der Waals surface area contributed by atoms with E-state index in [0.29, 0.717) is 12.2 Å². The van der Waals surface area contributed by atoms with Gasteiger partial charge in [0.2, 0.25) is 0 Å². The molecule has 5 heteroatoms. The normalized spacial score (nSPS) is 20.7. The van der Waals surface area contributed by atoms with Crippen LogP contribution in [0.4, 0.5) is 10.5 Å². The molecule has 1 saturated carbocycles. The van der Waals surface area contributed by atoms with Crippen molar-refractivity contribution in [1.29, 1.82) is 0 Å². The van der Waals surface area contributed by atoms with Crippen LogP contribution in [-0.4, -0.2) is 29.3 Å². The smallest absolute Gasteiger partial charge is 0.414 e. The summed E-state index contributed by atoms with van der Waals surface area (Å²) in [6.07, 6.45) is 2.44. The summed E-state index contributed by atoms with van der Waals surface area (Å²) in [4.78, 5) is 24.1. The highest BCUT2D eigenvalue weighted by Gasteiger charge is 2.50. The molecule has 0 atom stereocenters. The number of benzene rings is 1. The maximum absolute atomic E-state index is 11.9. The SMILES string of the molecule is O=C(O)c1ccc(N2CCC3(CC3)OC2=O)cc1. The molecular weight excluding hydrogens is 234 g/mol. The molecule has 3 rings (SSSR count). The first-order valence-corrected chi connectivity index (χ1v) is 5.94. The second kappa shape index (κ2) is 3.73. The molecule has 1 spiro atoms. The van der Waals surface area contributed by atoms with Crippen molar-refractivity contribution in [1.82, 2.24) is 0 Å². The maximum Gasteiger partial charge on any atom is 0.414 e. The summed E-state index contributed by atoms with van der Waals surface area (Å²) in [6.45, 7) is 0.630. The molecule has 2 fully saturated rings. The topological polar surface area (TPSA) is 66.8 Å². The lowest BCUT2D eigenvalue weighted by atomic mass is 10.1. The molecule has 0 aromatic heterocycles. The highest BCUT2D eigenvalue weighted by Crippen LogP contribution is 2.45. The van der Waals surface area contributed by atoms with Gasteiger partial charge in [0.25, 0.3) is 0 Å². The van der Waals surface area contributed by atoms with Gasteiger partial charge < -0.3 is 9.84 Å². The fourth-order valence-corrected chi connectivity index (χ4v) is 2.21. The van der Waals surface area contributed by atoms with E-state index in [9.17, 15) is 9.59 Å². The number of carboxylic acid groups (broad SMARTS) is 1. The molecule has 1 aromatic carbocycles. The van der Waals surface area contributed by atoms with Crippen LogP contribution in [0.25, 0.3) is 0 Å². The van der Waals surface area contributed by atoms with Crippen molar-refractivity contribution in [2.24, 2.45) is 0 Å². The van der Waals surface area contributed by atoms with E-state index in [4.69, 9.17) is 9.84 Å². The average molecular weight is 247 g/mol. The van der Waals surface area contributed by atoms with Gasteiger partial charge in [-0.25, -0.2) is 9.59 Å². The van der Waals surface area contributed by atoms with E-state index in [0.717, 1.165) is 19.3 Å². The first kappa shape index (κ1) is 11.1. The predicted octanol–water partition coefficient (Wildman–Crippen LogP) is 2.26. The van der Waals surface area contributed by atoms with Gasteiger partial charge in [0, 0.05) is 18.7 Å². The molecule has 0 bridgehead atoms. The number of rotatable bonds is 2. The first-order valence-electron chi connectivity index (χ1n) is 5.94. The van der Waals surface area contributed by atoms with E-state index < -0.39 is 5.97 Å². The molecule has 5 nitrogen and oxygen atoms in total. The molecule has 1 saturated heterocycles. The number of carbonyl (C=O) groups excluding carboxylic acids is 1. The zero-order chi connectivity index (χ0) is 12.8. The van der Waals surface area contributed by atoms with Crippen molar-refractivity contribution in [2.45, 2.75) is 24.9 Å². The third kappa shape index (κ3) is 1.81. The highest BCUT2D eigenvalue weighted by atomic mass is 16.6. The molecular formula is C13H13NO4. The van der Waals surface area contributed by atoms with Gasteiger partial charge in [0.15, 0.2) is 0 Å². The van der Waals surface area contributed by atoms with E-state index >= 15 is 0 Å². The summed E-state index contributed by atoms with van der Waals surface area (Å²) in [5.41, 5.74) is 0.706. The van der Waals surface area contributed by atoms with Crippen LogP contribution in [0.15, 0.2) is 24.3 Å². The van der Waals surface area contributed by atoms with Crippen LogP contribution in [0.2, 0.25) is 0 Å². The van der Waals surface area contributed by atoms with Crippen molar-refractivity contribution in [3.05, 3.63) is 29.8 Å². The number of hydrogen-bond acceptors (Lipinski definition) is 3. The average Bonchev–Trinajstić information content (AvgIpc) is 3.09. The van der Waals surface area contributed by atoms with Crippen molar-refractivity contribution < 1.29 is 19.4 Å². The van der Waals surface area contributed by atoms with Crippen molar-refractivity contribution in [3.63, 3.8) is 0 Å². The molecule has 18 heavy (non-hydrogen) atoms. The minimum atomic E-state index is -0.972. The zero-order valence-corrected chi connectivity index (χ0v) is 9.76. The maximum atomic E-state index is 11.9. The fourth-order valence-electron chi connectivity index (χ4n) is 2.21. The Bertz CT molecular complexity index is 504. The molecule has 1 N–H and O–H groups in total. The third-order valence-corrected chi connectivity index (χ3v) is 3.55. The molecule has 1 amide bonds. The second-order valence-corrected chi connectivity index (χ2v) is 4.80. The Balaban J connectivity index is 1.78. The quantitative estimate of drug-likeness (QED) is 0.870. The van der Waals surface area contributed by atoms with Gasteiger partial charge in [-0.1, -0.05) is 0 Å². The number of carbonyl (C=O) groups is 2. The van der Waals surface area contributed by atoms with Gasteiger partial charge in [-0.05, 0) is 37.1 Å². The molecule has 94 valence electrons. The monoisotopic (exact) mass is 247 g/mol. The van der Waals surface area contributed by atoms with Gasteiger partial charge in [0.05, 0.1) is 5.56 Å². The largest absolute Gasteiger partial charge is 0.478 e. The Hall–Kier alpha value is -2.04. The van der Waals surface area contributed by atoms with Crippen LogP contribution < -0.4 is 4.90 Å². The van der Waals surface area contributed by atoms with Gasteiger partial charge in [0.1, 0.15) is 5.60 Å². The number of ether oxygens (including phenoxy) is 1. The summed E-state index contributed by atoms with van der Waals surface area (Å²) >= 11 is 0. The molecule has 1 aromatic rings. The van der Waals surface area contributed by atoms with Gasteiger partial charge in [-0.2, -0.15) is 0 Å². The number of aromatic carboxylic acids is 1. The van der Waals surface area contributed by atoms with E-state index in [1.54, 1.807) is 17.0 Å². The standard InChI is InChI=1S/C13H13NO4/c15-11(16)9-1-3-10(4-2-9)14-8-7-13(5-6-13)18-12(14)17/h1-4H,5-8H2,(H,15,16). The van der Waals surface area contributed by atoms with E-state index in [1.807, 2.05) is 0 Å². The number of anilines is 1. The van der Waals surface area contributed by atoms with E-state index in [-0.39, 0.29) is 17.3 Å².